The molecule has 4 nitrogen and oxygen atoms in total. The number of hydrogen-bond donors (Lipinski definition) is 2. The van der Waals surface area contributed by atoms with Gasteiger partial charge in [-0.25, -0.2) is 4.98 Å². The van der Waals surface area contributed by atoms with E-state index >= 15 is 0 Å². The van der Waals surface area contributed by atoms with Crippen LogP contribution >= 0.6 is 15.9 Å². The summed E-state index contributed by atoms with van der Waals surface area (Å²) in [5, 5.41) is 13.8. The number of aliphatic hydroxyl groups excluding tert-OH is 1. The number of carbonyl (C=O) groups is 1. The smallest absolute Gasteiger partial charge is 0.270 e. The van der Waals surface area contributed by atoms with Crippen LogP contribution in [0.25, 0.3) is 10.9 Å². The van der Waals surface area contributed by atoms with Crippen molar-refractivity contribution in [3.05, 3.63) is 40.5 Å². The van der Waals surface area contributed by atoms with Gasteiger partial charge in [-0.2, -0.15) is 0 Å². The second-order valence-electron chi connectivity index (χ2n) is 5.44. The first-order valence-corrected chi connectivity index (χ1v) is 7.98. The van der Waals surface area contributed by atoms with Crippen LogP contribution in [-0.4, -0.2) is 28.1 Å². The van der Waals surface area contributed by atoms with E-state index in [9.17, 15) is 9.90 Å². The van der Waals surface area contributed by atoms with Gasteiger partial charge >= 0.3 is 0 Å². The molecule has 1 aromatic carbocycles. The van der Waals surface area contributed by atoms with Gasteiger partial charge in [0, 0.05) is 9.86 Å². The average molecular weight is 349 g/mol. The summed E-state index contributed by atoms with van der Waals surface area (Å²) in [7, 11) is 0. The highest BCUT2D eigenvalue weighted by atomic mass is 79.9. The molecule has 1 amide bonds. The fourth-order valence-corrected chi connectivity index (χ4v) is 3.32. The highest BCUT2D eigenvalue weighted by Gasteiger charge is 2.25. The van der Waals surface area contributed by atoms with Crippen molar-refractivity contribution in [2.45, 2.75) is 37.8 Å². The zero-order valence-corrected chi connectivity index (χ0v) is 13.1. The molecule has 0 aliphatic heterocycles. The van der Waals surface area contributed by atoms with Crippen LogP contribution in [0.5, 0.6) is 0 Å². The second-order valence-corrected chi connectivity index (χ2v) is 6.29. The summed E-state index contributed by atoms with van der Waals surface area (Å²) in [5.74, 6) is -0.229. The zero-order valence-electron chi connectivity index (χ0n) is 11.6. The second kappa shape index (κ2) is 6.12. The number of nitrogens with zero attached hydrogens (tertiary/aromatic N) is 1. The summed E-state index contributed by atoms with van der Waals surface area (Å²) in [6.45, 7) is 0. The van der Waals surface area contributed by atoms with Crippen LogP contribution in [0.1, 0.15) is 36.2 Å². The van der Waals surface area contributed by atoms with Crippen LogP contribution in [0.3, 0.4) is 0 Å². The number of hydrogen-bond acceptors (Lipinski definition) is 3. The van der Waals surface area contributed by atoms with Crippen molar-refractivity contribution in [2.24, 2.45) is 0 Å². The molecular formula is C16H17BrN2O2. The maximum atomic E-state index is 12.3. The lowest BCUT2D eigenvalue weighted by Gasteiger charge is -2.28. The van der Waals surface area contributed by atoms with Crippen LogP contribution in [-0.2, 0) is 0 Å². The van der Waals surface area contributed by atoms with Crippen molar-refractivity contribution in [3.8, 4) is 0 Å². The molecule has 1 fully saturated rings. The molecule has 0 bridgehead atoms. The van der Waals surface area contributed by atoms with Gasteiger partial charge in [0.15, 0.2) is 0 Å². The van der Waals surface area contributed by atoms with Crippen molar-refractivity contribution in [1.29, 1.82) is 0 Å². The lowest BCUT2D eigenvalue weighted by molar-refractivity contribution is 0.0714. The van der Waals surface area contributed by atoms with Gasteiger partial charge in [-0.05, 0) is 25.0 Å². The van der Waals surface area contributed by atoms with Crippen molar-refractivity contribution < 1.29 is 9.90 Å². The lowest BCUT2D eigenvalue weighted by atomic mass is 9.92. The van der Waals surface area contributed by atoms with Crippen LogP contribution in [0.2, 0.25) is 0 Å². The van der Waals surface area contributed by atoms with E-state index < -0.39 is 6.10 Å². The van der Waals surface area contributed by atoms with E-state index in [0.717, 1.165) is 41.1 Å². The molecule has 0 radical (unpaired) electrons. The Labute approximate surface area is 131 Å². The number of nitrogens with one attached hydrogen (secondary N) is 1. The van der Waals surface area contributed by atoms with Gasteiger partial charge in [0.05, 0.1) is 17.7 Å². The molecule has 21 heavy (non-hydrogen) atoms. The third-order valence-electron chi connectivity index (χ3n) is 3.94. The maximum absolute atomic E-state index is 12.3. The summed E-state index contributed by atoms with van der Waals surface area (Å²) in [6.07, 6.45) is 3.18. The van der Waals surface area contributed by atoms with E-state index in [4.69, 9.17) is 0 Å². The molecule has 1 heterocycles. The molecule has 3 rings (SSSR count). The Morgan fingerprint density at radius 2 is 2.05 bits per heavy atom. The van der Waals surface area contributed by atoms with Gasteiger partial charge in [-0.15, -0.1) is 0 Å². The highest BCUT2D eigenvalue weighted by molar-refractivity contribution is 9.10. The van der Waals surface area contributed by atoms with E-state index in [1.807, 2.05) is 24.3 Å². The first-order valence-electron chi connectivity index (χ1n) is 7.19. The van der Waals surface area contributed by atoms with Gasteiger partial charge in [-0.1, -0.05) is 47.0 Å². The molecule has 1 aliphatic carbocycles. The molecule has 2 aromatic rings. The summed E-state index contributed by atoms with van der Waals surface area (Å²) < 4.78 is 0.849. The molecule has 110 valence electrons. The third kappa shape index (κ3) is 3.09. The molecular weight excluding hydrogens is 332 g/mol. The minimum atomic E-state index is -0.452. The molecule has 2 unspecified atom stereocenters. The van der Waals surface area contributed by atoms with Crippen LogP contribution < -0.4 is 5.32 Å². The Bertz CT molecular complexity index is 674. The number of para-hydroxylation sites is 1. The molecule has 0 spiro atoms. The van der Waals surface area contributed by atoms with E-state index in [-0.39, 0.29) is 11.9 Å². The molecule has 1 aliphatic rings. The fraction of sp³-hybridized carbons (Fsp3) is 0.375. The Morgan fingerprint density at radius 1 is 1.29 bits per heavy atom. The number of pyridine rings is 1. The summed E-state index contributed by atoms with van der Waals surface area (Å²) >= 11 is 3.48. The SMILES string of the molecule is O=C(NC1CCCCC1O)c1cc(Br)c2ccccc2n1. The first kappa shape index (κ1) is 14.5. The van der Waals surface area contributed by atoms with Gasteiger partial charge < -0.3 is 10.4 Å². The number of rotatable bonds is 2. The molecule has 5 heteroatoms. The van der Waals surface area contributed by atoms with Crippen LogP contribution in [0, 0.1) is 0 Å². The number of fused-ring (bicyclic) bond motifs is 1. The molecule has 2 atom stereocenters. The Morgan fingerprint density at radius 3 is 2.86 bits per heavy atom. The van der Waals surface area contributed by atoms with Gasteiger partial charge in [0.25, 0.3) is 5.91 Å². The average Bonchev–Trinajstić information content (AvgIpc) is 2.49. The van der Waals surface area contributed by atoms with Gasteiger partial charge in [0.2, 0.25) is 0 Å². The summed E-state index contributed by atoms with van der Waals surface area (Å²) in [6, 6.07) is 9.23. The number of carbonyl (C=O) groups excluding carboxylic acids is 1. The van der Waals surface area contributed by atoms with Gasteiger partial charge in [-0.3, -0.25) is 4.79 Å². The predicted molar refractivity (Wildman–Crippen MR) is 85.2 cm³/mol. The minimum absolute atomic E-state index is 0.168. The third-order valence-corrected chi connectivity index (χ3v) is 4.60. The summed E-state index contributed by atoms with van der Waals surface area (Å²) in [4.78, 5) is 16.8. The molecule has 1 saturated carbocycles. The van der Waals surface area contributed by atoms with E-state index in [1.165, 1.54) is 0 Å². The lowest BCUT2D eigenvalue weighted by Crippen LogP contribution is -2.45. The normalized spacial score (nSPS) is 22.2. The predicted octanol–water partition coefficient (Wildman–Crippen LogP) is 3.03. The van der Waals surface area contributed by atoms with E-state index in [1.54, 1.807) is 6.07 Å². The number of halogens is 1. The quantitative estimate of drug-likeness (QED) is 0.876. The van der Waals surface area contributed by atoms with Crippen molar-refractivity contribution in [3.63, 3.8) is 0 Å². The zero-order chi connectivity index (χ0) is 14.8. The number of aliphatic hydroxyl groups is 1. The highest BCUT2D eigenvalue weighted by Crippen LogP contribution is 2.24. The number of aromatic nitrogens is 1. The molecule has 2 N–H and O–H groups in total. The van der Waals surface area contributed by atoms with E-state index in [2.05, 4.69) is 26.2 Å². The first-order chi connectivity index (χ1) is 10.1. The fourth-order valence-electron chi connectivity index (χ4n) is 2.77. The van der Waals surface area contributed by atoms with Crippen LogP contribution in [0.15, 0.2) is 34.8 Å². The van der Waals surface area contributed by atoms with E-state index in [0.29, 0.717) is 5.69 Å². The van der Waals surface area contributed by atoms with Crippen molar-refractivity contribution in [1.82, 2.24) is 10.3 Å². The summed E-state index contributed by atoms with van der Waals surface area (Å²) in [5.41, 5.74) is 1.15. The molecule has 1 aromatic heterocycles. The largest absolute Gasteiger partial charge is 0.391 e. The topological polar surface area (TPSA) is 62.2 Å². The maximum Gasteiger partial charge on any atom is 0.270 e. The number of amides is 1. The number of benzene rings is 1. The molecule has 0 saturated heterocycles. The van der Waals surface area contributed by atoms with Crippen molar-refractivity contribution >= 4 is 32.7 Å². The van der Waals surface area contributed by atoms with Crippen LogP contribution in [0.4, 0.5) is 0 Å². The Hall–Kier alpha value is -1.46. The Balaban J connectivity index is 1.84. The van der Waals surface area contributed by atoms with Gasteiger partial charge in [0.1, 0.15) is 5.69 Å². The monoisotopic (exact) mass is 348 g/mol. The standard InChI is InChI=1S/C16H17BrN2O2/c17-11-9-14(18-12-6-2-1-5-10(11)12)16(21)19-13-7-3-4-8-15(13)20/h1-2,5-6,9,13,15,20H,3-4,7-8H2,(H,19,21). The minimum Gasteiger partial charge on any atom is -0.391 e. The Kier molecular flexibility index (Phi) is 4.22. The van der Waals surface area contributed by atoms with Crippen molar-refractivity contribution in [2.75, 3.05) is 0 Å².